The van der Waals surface area contributed by atoms with Crippen LogP contribution >= 0.6 is 24.0 Å². The summed E-state index contributed by atoms with van der Waals surface area (Å²) in [5, 5.41) is 3.39. The van der Waals surface area contributed by atoms with Gasteiger partial charge in [0, 0.05) is 23.9 Å². The van der Waals surface area contributed by atoms with Crippen molar-refractivity contribution in [2.75, 3.05) is 7.11 Å². The lowest BCUT2D eigenvalue weighted by molar-refractivity contribution is -0.115. The third-order valence-electron chi connectivity index (χ3n) is 3.80. The van der Waals surface area contributed by atoms with Gasteiger partial charge in [0.05, 0.1) is 23.1 Å². The molecule has 0 spiro atoms. The molecule has 7 heteroatoms. The molecule has 1 aliphatic rings. The van der Waals surface area contributed by atoms with Crippen LogP contribution in [0.15, 0.2) is 52.0 Å². The number of nitrogens with one attached hydrogen (secondary N) is 1. The monoisotopic (exact) mass is 392 g/mol. The number of amides is 1. The Bertz CT molecular complexity index is 1170. The average Bonchev–Trinajstić information content (AvgIpc) is 3.22. The fourth-order valence-electron chi connectivity index (χ4n) is 2.58. The van der Waals surface area contributed by atoms with Gasteiger partial charge in [0.1, 0.15) is 15.8 Å². The molecule has 1 saturated heterocycles. The Balaban J connectivity index is 1.73. The third-order valence-corrected chi connectivity index (χ3v) is 4.96. The maximum Gasteiger partial charge on any atom is 0.263 e. The molecule has 1 fully saturated rings. The molecule has 4 rings (SSSR count). The molecule has 0 aliphatic carbocycles. The molecule has 1 N–H and O–H groups in total. The SMILES string of the molecule is COc1ccccc1C#Cc1cncc2cc(/C=C3/SC(=S)NC3=O)oc12. The van der Waals surface area contributed by atoms with Crippen molar-refractivity contribution in [3.63, 3.8) is 0 Å². The second kappa shape index (κ2) is 7.27. The van der Waals surface area contributed by atoms with Crippen LogP contribution in [0.5, 0.6) is 5.75 Å². The molecule has 2 aromatic heterocycles. The van der Waals surface area contributed by atoms with Crippen LogP contribution in [-0.4, -0.2) is 22.3 Å². The van der Waals surface area contributed by atoms with E-state index >= 15 is 0 Å². The number of benzene rings is 1. The highest BCUT2D eigenvalue weighted by Crippen LogP contribution is 2.29. The fraction of sp³-hybridized carbons (Fsp3) is 0.0500. The molecular formula is C20H12N2O3S2. The van der Waals surface area contributed by atoms with Crippen molar-refractivity contribution >= 4 is 51.3 Å². The number of pyridine rings is 1. The normalized spacial score (nSPS) is 14.9. The number of ether oxygens (including phenoxy) is 1. The zero-order valence-corrected chi connectivity index (χ0v) is 15.7. The van der Waals surface area contributed by atoms with Crippen LogP contribution in [-0.2, 0) is 4.79 Å². The van der Waals surface area contributed by atoms with Crippen LogP contribution in [0.1, 0.15) is 16.9 Å². The van der Waals surface area contributed by atoms with Crippen molar-refractivity contribution < 1.29 is 13.9 Å². The number of aromatic nitrogens is 1. The molecule has 0 radical (unpaired) electrons. The third kappa shape index (κ3) is 3.58. The van der Waals surface area contributed by atoms with E-state index in [1.807, 2.05) is 30.3 Å². The Morgan fingerprint density at radius 2 is 2.07 bits per heavy atom. The van der Waals surface area contributed by atoms with Gasteiger partial charge in [-0.15, -0.1) is 0 Å². The van der Waals surface area contributed by atoms with Gasteiger partial charge in [-0.25, -0.2) is 0 Å². The molecule has 0 atom stereocenters. The summed E-state index contributed by atoms with van der Waals surface area (Å²) in [4.78, 5) is 16.5. The molecule has 27 heavy (non-hydrogen) atoms. The number of carbonyl (C=O) groups is 1. The topological polar surface area (TPSA) is 64.4 Å². The fourth-order valence-corrected chi connectivity index (χ4v) is 3.60. The smallest absolute Gasteiger partial charge is 0.263 e. The molecule has 1 aromatic carbocycles. The van der Waals surface area contributed by atoms with Gasteiger partial charge in [-0.1, -0.05) is 48.0 Å². The van der Waals surface area contributed by atoms with Crippen LogP contribution in [0.4, 0.5) is 0 Å². The van der Waals surface area contributed by atoms with Crippen molar-refractivity contribution in [2.24, 2.45) is 0 Å². The van der Waals surface area contributed by atoms with Gasteiger partial charge < -0.3 is 14.5 Å². The number of nitrogens with zero attached hydrogens (tertiary/aromatic N) is 1. The summed E-state index contributed by atoms with van der Waals surface area (Å²) in [6.07, 6.45) is 5.01. The van der Waals surface area contributed by atoms with Crippen molar-refractivity contribution in [1.82, 2.24) is 10.3 Å². The molecule has 0 unspecified atom stereocenters. The minimum Gasteiger partial charge on any atom is -0.495 e. The first kappa shape index (κ1) is 17.3. The molecule has 0 saturated carbocycles. The number of furan rings is 1. The van der Waals surface area contributed by atoms with Gasteiger partial charge in [0.25, 0.3) is 5.91 Å². The Morgan fingerprint density at radius 1 is 1.26 bits per heavy atom. The van der Waals surface area contributed by atoms with E-state index in [9.17, 15) is 4.79 Å². The van der Waals surface area contributed by atoms with Crippen LogP contribution in [0, 0.1) is 11.8 Å². The number of carbonyl (C=O) groups excluding carboxylic acids is 1. The van der Waals surface area contributed by atoms with E-state index in [0.29, 0.717) is 31.9 Å². The van der Waals surface area contributed by atoms with E-state index in [0.717, 1.165) is 10.9 Å². The highest BCUT2D eigenvalue weighted by atomic mass is 32.2. The second-order valence-electron chi connectivity index (χ2n) is 5.56. The van der Waals surface area contributed by atoms with Gasteiger partial charge in [0.2, 0.25) is 0 Å². The van der Waals surface area contributed by atoms with Gasteiger partial charge in [-0.2, -0.15) is 0 Å². The molecule has 0 bridgehead atoms. The quantitative estimate of drug-likeness (QED) is 0.407. The molecular weight excluding hydrogens is 380 g/mol. The number of hydrogen-bond donors (Lipinski definition) is 1. The standard InChI is InChI=1S/C20H12N2O3S2/c1-24-16-5-3-2-4-12(16)6-7-13-10-21-11-14-8-15(25-18(13)14)9-17-19(23)22-20(26)27-17/h2-5,8-11H,1H3,(H,22,23,26)/b17-9+. The lowest BCUT2D eigenvalue weighted by atomic mass is 10.1. The lowest BCUT2D eigenvalue weighted by Crippen LogP contribution is -2.17. The van der Waals surface area contributed by atoms with Crippen molar-refractivity contribution in [1.29, 1.82) is 0 Å². The zero-order valence-electron chi connectivity index (χ0n) is 14.1. The first-order valence-electron chi connectivity index (χ1n) is 7.91. The largest absolute Gasteiger partial charge is 0.495 e. The number of para-hydroxylation sites is 1. The highest BCUT2D eigenvalue weighted by Gasteiger charge is 2.22. The second-order valence-corrected chi connectivity index (χ2v) is 7.28. The van der Waals surface area contributed by atoms with E-state index in [-0.39, 0.29) is 5.91 Å². The first-order chi connectivity index (χ1) is 13.1. The lowest BCUT2D eigenvalue weighted by Gasteiger charge is -2.00. The average molecular weight is 392 g/mol. The molecule has 5 nitrogen and oxygen atoms in total. The van der Waals surface area contributed by atoms with Crippen LogP contribution in [0.2, 0.25) is 0 Å². The van der Waals surface area contributed by atoms with Crippen LogP contribution < -0.4 is 10.1 Å². The van der Waals surface area contributed by atoms with Gasteiger partial charge in [0.15, 0.2) is 5.58 Å². The number of thiocarbonyl (C=S) groups is 1. The Morgan fingerprint density at radius 3 is 2.85 bits per heavy atom. The summed E-state index contributed by atoms with van der Waals surface area (Å²) in [6, 6.07) is 9.35. The van der Waals surface area contributed by atoms with Gasteiger partial charge in [-0.3, -0.25) is 9.78 Å². The molecule has 3 heterocycles. The van der Waals surface area contributed by atoms with E-state index in [1.54, 1.807) is 25.6 Å². The predicted octanol–water partition coefficient (Wildman–Crippen LogP) is 3.73. The Hall–Kier alpha value is -3.08. The highest BCUT2D eigenvalue weighted by molar-refractivity contribution is 8.26. The predicted molar refractivity (Wildman–Crippen MR) is 109 cm³/mol. The number of hydrogen-bond acceptors (Lipinski definition) is 6. The van der Waals surface area contributed by atoms with Gasteiger partial charge in [-0.05, 0) is 18.2 Å². The first-order valence-corrected chi connectivity index (χ1v) is 9.14. The number of methoxy groups -OCH3 is 1. The summed E-state index contributed by atoms with van der Waals surface area (Å²) in [5.41, 5.74) is 2.05. The van der Waals surface area contributed by atoms with E-state index < -0.39 is 0 Å². The summed E-state index contributed by atoms with van der Waals surface area (Å²) >= 11 is 6.21. The van der Waals surface area contributed by atoms with Gasteiger partial charge >= 0.3 is 0 Å². The number of rotatable bonds is 2. The molecule has 132 valence electrons. The van der Waals surface area contributed by atoms with E-state index in [4.69, 9.17) is 21.4 Å². The Labute approximate surface area is 164 Å². The minimum atomic E-state index is -0.222. The summed E-state index contributed by atoms with van der Waals surface area (Å²) in [5.74, 6) is 7.21. The van der Waals surface area contributed by atoms with Crippen molar-refractivity contribution in [2.45, 2.75) is 0 Å². The summed E-state index contributed by atoms with van der Waals surface area (Å²) in [7, 11) is 1.61. The minimum absolute atomic E-state index is 0.222. The summed E-state index contributed by atoms with van der Waals surface area (Å²) < 4.78 is 11.7. The zero-order chi connectivity index (χ0) is 18.8. The molecule has 3 aromatic rings. The number of thioether (sulfide) groups is 1. The summed E-state index contributed by atoms with van der Waals surface area (Å²) in [6.45, 7) is 0. The maximum atomic E-state index is 11.8. The van der Waals surface area contributed by atoms with Crippen molar-refractivity contribution in [3.8, 4) is 17.6 Å². The Kier molecular flexibility index (Phi) is 4.67. The van der Waals surface area contributed by atoms with Crippen molar-refractivity contribution in [3.05, 3.63) is 64.5 Å². The maximum absolute atomic E-state index is 11.8. The van der Waals surface area contributed by atoms with E-state index in [2.05, 4.69) is 22.1 Å². The number of fused-ring (bicyclic) bond motifs is 1. The molecule has 1 amide bonds. The van der Waals surface area contributed by atoms with Crippen LogP contribution in [0.25, 0.3) is 17.0 Å². The van der Waals surface area contributed by atoms with Crippen LogP contribution in [0.3, 0.4) is 0 Å². The molecule has 1 aliphatic heterocycles. The van der Waals surface area contributed by atoms with E-state index in [1.165, 1.54) is 11.8 Å².